The number of aliphatic carboxylic acids is 1. The summed E-state index contributed by atoms with van der Waals surface area (Å²) in [5, 5.41) is 11.4. The van der Waals surface area contributed by atoms with E-state index in [0.717, 1.165) is 12.8 Å². The van der Waals surface area contributed by atoms with Gasteiger partial charge in [0.2, 0.25) is 5.91 Å². The van der Waals surface area contributed by atoms with Gasteiger partial charge in [-0.2, -0.15) is 0 Å². The van der Waals surface area contributed by atoms with Gasteiger partial charge < -0.3 is 15.3 Å². The van der Waals surface area contributed by atoms with Crippen LogP contribution in [0, 0.1) is 0 Å². The van der Waals surface area contributed by atoms with E-state index in [1.807, 2.05) is 0 Å². The summed E-state index contributed by atoms with van der Waals surface area (Å²) >= 11 is 0. The number of carboxylic acids is 1. The van der Waals surface area contributed by atoms with Crippen molar-refractivity contribution in [3.05, 3.63) is 0 Å². The van der Waals surface area contributed by atoms with E-state index in [4.69, 9.17) is 5.11 Å². The summed E-state index contributed by atoms with van der Waals surface area (Å²) in [6.07, 6.45) is 5.83. The van der Waals surface area contributed by atoms with E-state index in [2.05, 4.69) is 24.3 Å². The molecule has 0 aromatic carbocycles. The highest BCUT2D eigenvalue weighted by atomic mass is 16.4. The van der Waals surface area contributed by atoms with E-state index < -0.39 is 5.97 Å². The highest BCUT2D eigenvalue weighted by Gasteiger charge is 2.34. The van der Waals surface area contributed by atoms with E-state index >= 15 is 0 Å². The SMILES string of the molecule is CN(C)C1(CNC(=O)CCC(=O)O)CCCCC1. The van der Waals surface area contributed by atoms with Gasteiger partial charge in [0, 0.05) is 18.5 Å². The van der Waals surface area contributed by atoms with Crippen molar-refractivity contribution in [3.8, 4) is 0 Å². The van der Waals surface area contributed by atoms with E-state index in [-0.39, 0.29) is 24.3 Å². The van der Waals surface area contributed by atoms with Crippen LogP contribution in [0.1, 0.15) is 44.9 Å². The average molecular weight is 256 g/mol. The van der Waals surface area contributed by atoms with Crippen molar-refractivity contribution in [3.63, 3.8) is 0 Å². The highest BCUT2D eigenvalue weighted by Crippen LogP contribution is 2.31. The lowest BCUT2D eigenvalue weighted by Crippen LogP contribution is -2.53. The molecule has 0 atom stereocenters. The molecule has 1 aliphatic carbocycles. The summed E-state index contributed by atoms with van der Waals surface area (Å²) in [7, 11) is 4.10. The standard InChI is InChI=1S/C13H24N2O3/c1-15(2)13(8-4-3-5-9-13)10-14-11(16)6-7-12(17)18/h3-10H2,1-2H3,(H,14,16)(H,17,18). The summed E-state index contributed by atoms with van der Waals surface area (Å²) in [4.78, 5) is 24.2. The Balaban J connectivity index is 2.42. The summed E-state index contributed by atoms with van der Waals surface area (Å²) in [6, 6.07) is 0. The molecule has 2 N–H and O–H groups in total. The maximum atomic E-state index is 11.6. The molecule has 0 bridgehead atoms. The molecule has 0 unspecified atom stereocenters. The van der Waals surface area contributed by atoms with E-state index in [1.54, 1.807) is 0 Å². The fraction of sp³-hybridized carbons (Fsp3) is 0.846. The number of hydrogen-bond donors (Lipinski definition) is 2. The van der Waals surface area contributed by atoms with Crippen molar-refractivity contribution in [2.24, 2.45) is 0 Å². The molecule has 104 valence electrons. The van der Waals surface area contributed by atoms with Crippen molar-refractivity contribution in [2.75, 3.05) is 20.6 Å². The van der Waals surface area contributed by atoms with Gasteiger partial charge in [-0.25, -0.2) is 0 Å². The first-order valence-corrected chi connectivity index (χ1v) is 6.62. The van der Waals surface area contributed by atoms with Crippen molar-refractivity contribution >= 4 is 11.9 Å². The number of nitrogens with one attached hydrogen (secondary N) is 1. The first kappa shape index (κ1) is 15.0. The van der Waals surface area contributed by atoms with Gasteiger partial charge in [-0.15, -0.1) is 0 Å². The van der Waals surface area contributed by atoms with E-state index in [1.165, 1.54) is 19.3 Å². The zero-order valence-electron chi connectivity index (χ0n) is 11.4. The first-order valence-electron chi connectivity index (χ1n) is 6.62. The number of amides is 1. The molecule has 5 nitrogen and oxygen atoms in total. The van der Waals surface area contributed by atoms with Crippen LogP contribution in [0.5, 0.6) is 0 Å². The maximum Gasteiger partial charge on any atom is 0.303 e. The molecule has 1 amide bonds. The Morgan fingerprint density at radius 1 is 1.17 bits per heavy atom. The van der Waals surface area contributed by atoms with Gasteiger partial charge in [0.15, 0.2) is 0 Å². The Morgan fingerprint density at radius 3 is 2.28 bits per heavy atom. The molecule has 1 aliphatic rings. The predicted molar refractivity (Wildman–Crippen MR) is 69.4 cm³/mol. The van der Waals surface area contributed by atoms with E-state index in [9.17, 15) is 9.59 Å². The molecular weight excluding hydrogens is 232 g/mol. The van der Waals surface area contributed by atoms with Gasteiger partial charge in [-0.05, 0) is 26.9 Å². The van der Waals surface area contributed by atoms with Gasteiger partial charge in [0.05, 0.1) is 6.42 Å². The highest BCUT2D eigenvalue weighted by molar-refractivity contribution is 5.80. The predicted octanol–water partition coefficient (Wildman–Crippen LogP) is 1.23. The second-order valence-electron chi connectivity index (χ2n) is 5.35. The summed E-state index contributed by atoms with van der Waals surface area (Å²) in [5.41, 5.74) is 0.0527. The number of likely N-dealkylation sites (N-methyl/N-ethyl adjacent to an activating group) is 1. The summed E-state index contributed by atoms with van der Waals surface area (Å²) < 4.78 is 0. The molecule has 0 aromatic rings. The van der Waals surface area contributed by atoms with Crippen molar-refractivity contribution in [1.82, 2.24) is 10.2 Å². The van der Waals surface area contributed by atoms with Gasteiger partial charge in [-0.1, -0.05) is 19.3 Å². The van der Waals surface area contributed by atoms with Crippen LogP contribution in [-0.2, 0) is 9.59 Å². The Kier molecular flexibility index (Phi) is 5.59. The lowest BCUT2D eigenvalue weighted by atomic mass is 9.80. The molecule has 0 heterocycles. The largest absolute Gasteiger partial charge is 0.481 e. The van der Waals surface area contributed by atoms with Crippen LogP contribution in [-0.4, -0.2) is 48.1 Å². The number of rotatable bonds is 6. The molecule has 0 saturated heterocycles. The van der Waals surface area contributed by atoms with Crippen LogP contribution in [0.4, 0.5) is 0 Å². The van der Waals surface area contributed by atoms with Crippen molar-refractivity contribution in [1.29, 1.82) is 0 Å². The average Bonchev–Trinajstić information content (AvgIpc) is 2.34. The van der Waals surface area contributed by atoms with Gasteiger partial charge in [-0.3, -0.25) is 9.59 Å². The second-order valence-corrected chi connectivity index (χ2v) is 5.35. The monoisotopic (exact) mass is 256 g/mol. The molecule has 1 rings (SSSR count). The zero-order valence-corrected chi connectivity index (χ0v) is 11.4. The van der Waals surface area contributed by atoms with E-state index in [0.29, 0.717) is 6.54 Å². The normalized spacial score (nSPS) is 18.6. The third kappa shape index (κ3) is 4.29. The minimum Gasteiger partial charge on any atom is -0.481 e. The van der Waals surface area contributed by atoms with Crippen LogP contribution < -0.4 is 5.32 Å². The third-order valence-corrected chi connectivity index (χ3v) is 3.91. The van der Waals surface area contributed by atoms with Gasteiger partial charge in [0.1, 0.15) is 0 Å². The van der Waals surface area contributed by atoms with Crippen LogP contribution in [0.3, 0.4) is 0 Å². The Morgan fingerprint density at radius 2 is 1.78 bits per heavy atom. The lowest BCUT2D eigenvalue weighted by Gasteiger charge is -2.43. The first-order chi connectivity index (χ1) is 8.46. The molecule has 0 aromatic heterocycles. The molecule has 0 radical (unpaired) electrons. The van der Waals surface area contributed by atoms with Gasteiger partial charge >= 0.3 is 5.97 Å². The number of hydrogen-bond acceptors (Lipinski definition) is 3. The number of carbonyl (C=O) groups is 2. The molecule has 1 saturated carbocycles. The minimum atomic E-state index is -0.926. The molecule has 1 fully saturated rings. The minimum absolute atomic E-state index is 0.0527. The quantitative estimate of drug-likeness (QED) is 0.750. The molecule has 5 heteroatoms. The van der Waals surface area contributed by atoms with Gasteiger partial charge in [0.25, 0.3) is 0 Å². The van der Waals surface area contributed by atoms with Crippen LogP contribution >= 0.6 is 0 Å². The topological polar surface area (TPSA) is 69.6 Å². The van der Waals surface area contributed by atoms with Crippen LogP contribution in [0.15, 0.2) is 0 Å². The number of nitrogens with zero attached hydrogens (tertiary/aromatic N) is 1. The number of carbonyl (C=O) groups excluding carboxylic acids is 1. The molecule has 0 aliphatic heterocycles. The third-order valence-electron chi connectivity index (χ3n) is 3.91. The molecular formula is C13H24N2O3. The van der Waals surface area contributed by atoms with Crippen molar-refractivity contribution in [2.45, 2.75) is 50.5 Å². The summed E-state index contributed by atoms with van der Waals surface area (Å²) in [6.45, 7) is 0.623. The van der Waals surface area contributed by atoms with Crippen molar-refractivity contribution < 1.29 is 14.7 Å². The van der Waals surface area contributed by atoms with Crippen LogP contribution in [0.2, 0.25) is 0 Å². The summed E-state index contributed by atoms with van der Waals surface area (Å²) in [5.74, 6) is -1.09. The maximum absolute atomic E-state index is 11.6. The fourth-order valence-corrected chi connectivity index (χ4v) is 2.56. The smallest absolute Gasteiger partial charge is 0.303 e. The Bertz CT molecular complexity index is 297. The van der Waals surface area contributed by atoms with Crippen LogP contribution in [0.25, 0.3) is 0 Å². The number of carboxylic acid groups (broad SMARTS) is 1. The Labute approximate surface area is 109 Å². The lowest BCUT2D eigenvalue weighted by molar-refractivity contribution is -0.138. The zero-order chi connectivity index (χ0) is 13.6. The second kappa shape index (κ2) is 6.73. The fourth-order valence-electron chi connectivity index (χ4n) is 2.56. The molecule has 0 spiro atoms. The molecule has 18 heavy (non-hydrogen) atoms. The Hall–Kier alpha value is -1.10.